The van der Waals surface area contributed by atoms with Gasteiger partial charge in [0.05, 0.1) is 36.8 Å². The summed E-state index contributed by atoms with van der Waals surface area (Å²) in [5.41, 5.74) is 4.60. The van der Waals surface area contributed by atoms with Crippen molar-refractivity contribution < 1.29 is 19.4 Å². The molecule has 0 heterocycles. The van der Waals surface area contributed by atoms with Gasteiger partial charge in [-0.15, -0.1) is 4.91 Å². The Morgan fingerprint density at radius 2 is 1.96 bits per heavy atom. The number of methoxy groups -OCH3 is 3. The highest BCUT2D eigenvalue weighted by atomic mass is 16.5. The molecule has 0 amide bonds. The van der Waals surface area contributed by atoms with Crippen molar-refractivity contribution >= 4 is 22.1 Å². The summed E-state index contributed by atoms with van der Waals surface area (Å²) in [5, 5.41) is 13.5. The van der Waals surface area contributed by atoms with Crippen LogP contribution in [0.1, 0.15) is 31.9 Å². The van der Waals surface area contributed by atoms with Crippen molar-refractivity contribution in [1.29, 1.82) is 0 Å². The first-order valence-corrected chi connectivity index (χ1v) is 8.13. The summed E-state index contributed by atoms with van der Waals surface area (Å²) in [5.74, 6) is 0.929. The van der Waals surface area contributed by atoms with E-state index in [9.17, 15) is 10.1 Å². The maximum absolute atomic E-state index is 11.4. The topological polar surface area (TPSA) is 89.4 Å². The fourth-order valence-corrected chi connectivity index (χ4v) is 2.98. The zero-order chi connectivity index (χ0) is 19.3. The van der Waals surface area contributed by atoms with Crippen LogP contribution in [0.15, 0.2) is 35.0 Å². The van der Waals surface area contributed by atoms with E-state index in [1.54, 1.807) is 19.2 Å². The largest absolute Gasteiger partial charge is 0.496 e. The average Bonchev–Trinajstić information content (AvgIpc) is 2.66. The lowest BCUT2D eigenvalue weighted by Gasteiger charge is -2.22. The van der Waals surface area contributed by atoms with Crippen LogP contribution in [0.25, 0.3) is 10.8 Å². The third-order valence-corrected chi connectivity index (χ3v) is 4.22. The van der Waals surface area contributed by atoms with E-state index in [1.807, 2.05) is 13.8 Å². The van der Waals surface area contributed by atoms with Crippen LogP contribution < -0.4 is 15.0 Å². The molecular formula is C19H24N2O5. The van der Waals surface area contributed by atoms with Crippen molar-refractivity contribution in [3.63, 3.8) is 0 Å². The van der Waals surface area contributed by atoms with Gasteiger partial charge in [-0.25, -0.2) is 0 Å². The smallest absolute Gasteiger partial charge is 0.135 e. The molecule has 0 aliphatic carbocycles. The Kier molecular flexibility index (Phi) is 6.54. The van der Waals surface area contributed by atoms with Crippen LogP contribution in [0.5, 0.6) is 11.5 Å². The Balaban J connectivity index is 2.88. The molecule has 0 saturated carbocycles. The van der Waals surface area contributed by atoms with Crippen LogP contribution in [0.2, 0.25) is 0 Å². The molecule has 0 radical (unpaired) electrons. The molecular weight excluding hydrogens is 336 g/mol. The van der Waals surface area contributed by atoms with Crippen LogP contribution in [0.4, 0.5) is 11.4 Å². The van der Waals surface area contributed by atoms with Crippen LogP contribution in [-0.2, 0) is 4.74 Å². The molecule has 0 fully saturated rings. The highest BCUT2D eigenvalue weighted by Gasteiger charge is 2.24. The molecule has 26 heavy (non-hydrogen) atoms. The van der Waals surface area contributed by atoms with E-state index in [2.05, 4.69) is 16.7 Å². The van der Waals surface area contributed by atoms with Gasteiger partial charge in [0.1, 0.15) is 17.2 Å². The SMILES string of the molecule is COc1cc([C@@H](CC=C(C)C)OC)c(OC)c2c(N=O)ccc(NO)c12. The number of ether oxygens (including phenoxy) is 3. The first-order valence-electron chi connectivity index (χ1n) is 8.13. The van der Waals surface area contributed by atoms with Gasteiger partial charge in [0.15, 0.2) is 0 Å². The van der Waals surface area contributed by atoms with Gasteiger partial charge in [-0.2, -0.15) is 0 Å². The van der Waals surface area contributed by atoms with E-state index in [0.717, 1.165) is 5.56 Å². The third kappa shape index (κ3) is 3.63. The Labute approximate surface area is 152 Å². The second kappa shape index (κ2) is 8.64. The van der Waals surface area contributed by atoms with Crippen molar-refractivity contribution in [3.05, 3.63) is 40.3 Å². The lowest BCUT2D eigenvalue weighted by molar-refractivity contribution is 0.103. The molecule has 7 heteroatoms. The number of hydrogen-bond donors (Lipinski definition) is 2. The first-order chi connectivity index (χ1) is 12.5. The maximum Gasteiger partial charge on any atom is 0.135 e. The highest BCUT2D eigenvalue weighted by molar-refractivity contribution is 6.08. The van der Waals surface area contributed by atoms with E-state index in [-0.39, 0.29) is 11.8 Å². The number of allylic oxidation sites excluding steroid dienone is 1. The average molecular weight is 360 g/mol. The normalized spacial score (nSPS) is 11.8. The summed E-state index contributed by atoms with van der Waals surface area (Å²) >= 11 is 0. The Hall–Kier alpha value is -2.64. The van der Waals surface area contributed by atoms with E-state index >= 15 is 0 Å². The minimum absolute atomic E-state index is 0.188. The molecule has 2 N–H and O–H groups in total. The molecule has 0 saturated heterocycles. The number of benzene rings is 2. The number of nitroso groups, excluding NO2 is 1. The highest BCUT2D eigenvalue weighted by Crippen LogP contribution is 2.47. The number of fused-ring (bicyclic) bond motifs is 1. The lowest BCUT2D eigenvalue weighted by atomic mass is 9.96. The molecule has 7 nitrogen and oxygen atoms in total. The van der Waals surface area contributed by atoms with Gasteiger partial charge in [0.2, 0.25) is 0 Å². The summed E-state index contributed by atoms with van der Waals surface area (Å²) in [4.78, 5) is 11.4. The zero-order valence-corrected chi connectivity index (χ0v) is 15.6. The van der Waals surface area contributed by atoms with Crippen molar-refractivity contribution in [2.24, 2.45) is 5.18 Å². The van der Waals surface area contributed by atoms with Crippen LogP contribution in [-0.4, -0.2) is 26.5 Å². The van der Waals surface area contributed by atoms with Crippen molar-refractivity contribution in [2.45, 2.75) is 26.4 Å². The number of rotatable bonds is 8. The van der Waals surface area contributed by atoms with E-state index in [4.69, 9.17) is 14.2 Å². The summed E-state index contributed by atoms with van der Waals surface area (Å²) in [6.07, 6.45) is 2.39. The molecule has 0 bridgehead atoms. The van der Waals surface area contributed by atoms with Gasteiger partial charge in [-0.05, 0) is 43.6 Å². The first kappa shape index (κ1) is 19.7. The molecule has 0 aliphatic heterocycles. The number of nitrogens with zero attached hydrogens (tertiary/aromatic N) is 1. The van der Waals surface area contributed by atoms with Crippen LogP contribution in [0.3, 0.4) is 0 Å². The van der Waals surface area contributed by atoms with Crippen molar-refractivity contribution in [3.8, 4) is 11.5 Å². The number of hydrogen-bond acceptors (Lipinski definition) is 7. The molecule has 0 unspecified atom stereocenters. The third-order valence-electron chi connectivity index (χ3n) is 4.22. The van der Waals surface area contributed by atoms with Crippen LogP contribution in [0, 0.1) is 4.91 Å². The Morgan fingerprint density at radius 1 is 1.23 bits per heavy atom. The van der Waals surface area contributed by atoms with Crippen LogP contribution >= 0.6 is 0 Å². The summed E-state index contributed by atoms with van der Waals surface area (Å²) in [6.45, 7) is 4.02. The zero-order valence-electron chi connectivity index (χ0n) is 15.6. The second-order valence-corrected chi connectivity index (χ2v) is 6.03. The lowest BCUT2D eigenvalue weighted by Crippen LogP contribution is -2.06. The van der Waals surface area contributed by atoms with Gasteiger partial charge < -0.3 is 14.2 Å². The van der Waals surface area contributed by atoms with E-state index in [0.29, 0.717) is 34.4 Å². The number of anilines is 1. The molecule has 0 aliphatic rings. The van der Waals surface area contributed by atoms with Gasteiger partial charge in [-0.3, -0.25) is 10.7 Å². The van der Waals surface area contributed by atoms with Gasteiger partial charge in [0, 0.05) is 12.7 Å². The predicted octanol–water partition coefficient (Wildman–Crippen LogP) is 5.10. The Morgan fingerprint density at radius 3 is 2.46 bits per heavy atom. The predicted molar refractivity (Wildman–Crippen MR) is 102 cm³/mol. The minimum Gasteiger partial charge on any atom is -0.496 e. The minimum atomic E-state index is -0.302. The Bertz CT molecular complexity index is 829. The fourth-order valence-electron chi connectivity index (χ4n) is 2.98. The molecule has 0 spiro atoms. The summed E-state index contributed by atoms with van der Waals surface area (Å²) in [7, 11) is 4.65. The molecule has 2 rings (SSSR count). The fraction of sp³-hybridized carbons (Fsp3) is 0.368. The standard InChI is InChI=1S/C19H24N2O5/c1-11(2)6-9-15(24-3)12-10-16(25-4)17-13(20-22)7-8-14(21-23)18(17)19(12)26-5/h6-8,10,15,20,22H,9H2,1-5H3/t15-/m1/s1. The quantitative estimate of drug-likeness (QED) is 0.387. The molecule has 140 valence electrons. The molecule has 2 aromatic carbocycles. The van der Waals surface area contributed by atoms with Crippen molar-refractivity contribution in [1.82, 2.24) is 0 Å². The monoisotopic (exact) mass is 360 g/mol. The summed E-state index contributed by atoms with van der Waals surface area (Å²) < 4.78 is 16.8. The van der Waals surface area contributed by atoms with Gasteiger partial charge in [-0.1, -0.05) is 11.6 Å². The summed E-state index contributed by atoms with van der Waals surface area (Å²) in [6, 6.07) is 4.86. The van der Waals surface area contributed by atoms with Crippen molar-refractivity contribution in [2.75, 3.05) is 26.8 Å². The molecule has 2 aromatic rings. The van der Waals surface area contributed by atoms with E-state index in [1.165, 1.54) is 25.9 Å². The second-order valence-electron chi connectivity index (χ2n) is 6.03. The van der Waals surface area contributed by atoms with E-state index < -0.39 is 0 Å². The van der Waals surface area contributed by atoms with Gasteiger partial charge in [0.25, 0.3) is 0 Å². The van der Waals surface area contributed by atoms with Gasteiger partial charge >= 0.3 is 0 Å². The molecule has 0 aromatic heterocycles. The number of nitrogens with one attached hydrogen (secondary N) is 1. The molecule has 1 atom stereocenters. The maximum atomic E-state index is 11.4.